The molecule has 1 heterocycles. The van der Waals surface area contributed by atoms with Crippen molar-refractivity contribution in [3.05, 3.63) is 95.8 Å². The number of ether oxygens (including phenoxy) is 1. The van der Waals surface area contributed by atoms with Crippen LogP contribution in [0.15, 0.2) is 79.1 Å². The zero-order valence-electron chi connectivity index (χ0n) is 20.1. The first-order valence-corrected chi connectivity index (χ1v) is 11.4. The van der Waals surface area contributed by atoms with Gasteiger partial charge in [-0.15, -0.1) is 0 Å². The summed E-state index contributed by atoms with van der Waals surface area (Å²) >= 11 is 0. The second kappa shape index (κ2) is 18.4. The van der Waals surface area contributed by atoms with Gasteiger partial charge in [0.25, 0.3) is 0 Å². The van der Waals surface area contributed by atoms with E-state index in [2.05, 4.69) is 41.4 Å². The van der Waals surface area contributed by atoms with Crippen LogP contribution in [-0.4, -0.2) is 12.1 Å². The fraction of sp³-hybridized carbons (Fsp3) is 0.393. The van der Waals surface area contributed by atoms with Gasteiger partial charge in [0.1, 0.15) is 5.75 Å². The smallest absolute Gasteiger partial charge is 0.118 e. The predicted octanol–water partition coefficient (Wildman–Crippen LogP) is 8.32. The van der Waals surface area contributed by atoms with Crippen molar-refractivity contribution >= 4 is 0 Å². The third kappa shape index (κ3) is 9.26. The van der Waals surface area contributed by atoms with E-state index in [1.165, 1.54) is 36.0 Å². The van der Waals surface area contributed by atoms with Gasteiger partial charge in [-0.05, 0) is 54.2 Å². The number of para-hydroxylation sites is 1. The molecule has 1 aromatic heterocycles. The summed E-state index contributed by atoms with van der Waals surface area (Å²) in [6.07, 6.45) is 7.71. The van der Waals surface area contributed by atoms with Crippen LogP contribution >= 0.6 is 0 Å². The number of pyridine rings is 1. The molecule has 0 saturated carbocycles. The third-order valence-electron chi connectivity index (χ3n) is 4.44. The van der Waals surface area contributed by atoms with Crippen molar-refractivity contribution in [3.8, 4) is 5.75 Å². The number of rotatable bonds is 2. The van der Waals surface area contributed by atoms with Gasteiger partial charge in [0, 0.05) is 18.3 Å². The van der Waals surface area contributed by atoms with E-state index in [1.54, 1.807) is 7.11 Å². The van der Waals surface area contributed by atoms with E-state index in [1.807, 2.05) is 84.3 Å². The van der Waals surface area contributed by atoms with E-state index in [0.717, 1.165) is 5.75 Å². The Morgan fingerprint density at radius 2 is 1.33 bits per heavy atom. The number of aromatic nitrogens is 1. The molecule has 1 atom stereocenters. The van der Waals surface area contributed by atoms with Gasteiger partial charge in [0.05, 0.1) is 7.11 Å². The van der Waals surface area contributed by atoms with Crippen molar-refractivity contribution < 1.29 is 4.74 Å². The largest absolute Gasteiger partial charge is 0.497 e. The van der Waals surface area contributed by atoms with Crippen LogP contribution in [0.2, 0.25) is 0 Å². The average Bonchev–Trinajstić information content (AvgIpc) is 2.89. The Morgan fingerprint density at radius 3 is 1.87 bits per heavy atom. The summed E-state index contributed by atoms with van der Waals surface area (Å²) in [6, 6.07) is 22.6. The first-order chi connectivity index (χ1) is 14.9. The lowest BCUT2D eigenvalue weighted by Crippen LogP contribution is -2.11. The molecule has 0 saturated heterocycles. The van der Waals surface area contributed by atoms with Crippen LogP contribution in [0.4, 0.5) is 0 Å². The van der Waals surface area contributed by atoms with Gasteiger partial charge in [-0.2, -0.15) is 0 Å². The topological polar surface area (TPSA) is 22.1 Å². The number of nitrogens with zero attached hydrogens (tertiary/aromatic N) is 1. The zero-order chi connectivity index (χ0) is 22.6. The van der Waals surface area contributed by atoms with Gasteiger partial charge in [-0.3, -0.25) is 4.98 Å². The molecular weight excluding hydrogens is 366 g/mol. The molecular formula is C28H41NO. The minimum Gasteiger partial charge on any atom is -0.497 e. The molecule has 2 heteroatoms. The Balaban J connectivity index is 0.000000509. The van der Waals surface area contributed by atoms with Crippen LogP contribution in [0.3, 0.4) is 0 Å². The van der Waals surface area contributed by atoms with E-state index in [-0.39, 0.29) is 0 Å². The van der Waals surface area contributed by atoms with Crippen molar-refractivity contribution in [3.63, 3.8) is 0 Å². The van der Waals surface area contributed by atoms with Crippen molar-refractivity contribution in [2.24, 2.45) is 0 Å². The maximum atomic E-state index is 4.91. The molecule has 0 spiro atoms. The number of aryl methyl sites for hydroxylation is 1. The van der Waals surface area contributed by atoms with Gasteiger partial charge in [0.15, 0.2) is 0 Å². The highest BCUT2D eigenvalue weighted by Gasteiger charge is 2.21. The van der Waals surface area contributed by atoms with Gasteiger partial charge in [-0.25, -0.2) is 0 Å². The highest BCUT2D eigenvalue weighted by Crippen LogP contribution is 2.35. The monoisotopic (exact) mass is 407 g/mol. The number of methoxy groups -OCH3 is 1. The summed E-state index contributed by atoms with van der Waals surface area (Å²) in [7, 11) is 1.66. The van der Waals surface area contributed by atoms with Crippen molar-refractivity contribution in [1.29, 1.82) is 0 Å². The van der Waals surface area contributed by atoms with E-state index >= 15 is 0 Å². The van der Waals surface area contributed by atoms with Crippen LogP contribution in [0.25, 0.3) is 0 Å². The van der Waals surface area contributed by atoms with Gasteiger partial charge < -0.3 is 4.74 Å². The summed E-state index contributed by atoms with van der Waals surface area (Å²) in [5.74, 6) is 1.46. The average molecular weight is 408 g/mol. The van der Waals surface area contributed by atoms with E-state index in [9.17, 15) is 0 Å². The highest BCUT2D eigenvalue weighted by atomic mass is 16.5. The molecule has 0 fully saturated rings. The van der Waals surface area contributed by atoms with Crippen molar-refractivity contribution in [1.82, 2.24) is 4.98 Å². The Morgan fingerprint density at radius 1 is 0.767 bits per heavy atom. The minimum atomic E-state index is 0.554. The lowest BCUT2D eigenvalue weighted by Gasteiger charge is -2.25. The standard InChI is InChI=1S/C15H15N.C7H8O.3C2H6/c1-2-5-12(6-3-1)14-8-4-7-13-9-10-16-11-15(13)14;1-8-7-5-3-2-4-6-7;3*1-2/h1-3,5-6,9-11,14H,4,7-8H2;2-6H,1H3;3*1-2H3. The van der Waals surface area contributed by atoms with Crippen molar-refractivity contribution in [2.45, 2.75) is 66.7 Å². The number of fused-ring (bicyclic) bond motifs is 1. The predicted molar refractivity (Wildman–Crippen MR) is 132 cm³/mol. The highest BCUT2D eigenvalue weighted by molar-refractivity contribution is 5.37. The normalized spacial score (nSPS) is 13.1. The van der Waals surface area contributed by atoms with Gasteiger partial charge in [0.2, 0.25) is 0 Å². The lowest BCUT2D eigenvalue weighted by atomic mass is 9.80. The molecule has 1 aliphatic rings. The maximum absolute atomic E-state index is 4.91. The van der Waals surface area contributed by atoms with E-state index < -0.39 is 0 Å². The quantitative estimate of drug-likeness (QED) is 0.426. The van der Waals surface area contributed by atoms with Crippen LogP contribution in [0.1, 0.15) is 77.0 Å². The van der Waals surface area contributed by atoms with Crippen LogP contribution in [0.5, 0.6) is 5.75 Å². The van der Waals surface area contributed by atoms with Gasteiger partial charge in [-0.1, -0.05) is 90.1 Å². The van der Waals surface area contributed by atoms with E-state index in [0.29, 0.717) is 5.92 Å². The maximum Gasteiger partial charge on any atom is 0.118 e. The molecule has 2 nitrogen and oxygen atoms in total. The summed E-state index contributed by atoms with van der Waals surface area (Å²) in [5, 5.41) is 0. The van der Waals surface area contributed by atoms with Crippen LogP contribution in [0, 0.1) is 0 Å². The molecule has 164 valence electrons. The molecule has 0 bridgehead atoms. The Hall–Kier alpha value is -2.61. The number of benzene rings is 2. The summed E-state index contributed by atoms with van der Waals surface area (Å²) < 4.78 is 4.91. The Bertz CT molecular complexity index is 741. The summed E-state index contributed by atoms with van der Waals surface area (Å²) in [4.78, 5) is 4.27. The molecule has 3 aromatic rings. The minimum absolute atomic E-state index is 0.554. The SMILES string of the molecule is CC.CC.CC.COc1ccccc1.c1ccc(C2CCCc3ccncc32)cc1. The Kier molecular flexibility index (Phi) is 16.8. The molecule has 0 N–H and O–H groups in total. The van der Waals surface area contributed by atoms with Crippen LogP contribution < -0.4 is 4.74 Å². The molecule has 0 aliphatic heterocycles. The van der Waals surface area contributed by atoms with Gasteiger partial charge >= 0.3 is 0 Å². The molecule has 0 amide bonds. The third-order valence-corrected chi connectivity index (χ3v) is 4.44. The fourth-order valence-corrected chi connectivity index (χ4v) is 3.22. The second-order valence-electron chi connectivity index (χ2n) is 5.95. The Labute approximate surface area is 185 Å². The second-order valence-corrected chi connectivity index (χ2v) is 5.95. The number of hydrogen-bond donors (Lipinski definition) is 0. The molecule has 4 rings (SSSR count). The molecule has 0 radical (unpaired) electrons. The molecule has 30 heavy (non-hydrogen) atoms. The number of hydrogen-bond acceptors (Lipinski definition) is 2. The first kappa shape index (κ1) is 27.4. The molecule has 1 aliphatic carbocycles. The summed E-state index contributed by atoms with van der Waals surface area (Å²) in [5.41, 5.74) is 4.34. The van der Waals surface area contributed by atoms with E-state index in [4.69, 9.17) is 4.74 Å². The lowest BCUT2D eigenvalue weighted by molar-refractivity contribution is 0.415. The first-order valence-electron chi connectivity index (χ1n) is 11.4. The fourth-order valence-electron chi connectivity index (χ4n) is 3.22. The summed E-state index contributed by atoms with van der Waals surface area (Å²) in [6.45, 7) is 12.0. The van der Waals surface area contributed by atoms with Crippen molar-refractivity contribution in [2.75, 3.05) is 7.11 Å². The van der Waals surface area contributed by atoms with Crippen LogP contribution in [-0.2, 0) is 6.42 Å². The zero-order valence-corrected chi connectivity index (χ0v) is 20.1. The molecule has 2 aromatic carbocycles. The molecule has 1 unspecified atom stereocenters.